The Kier molecular flexibility index (Phi) is 7.63. The molecule has 0 bridgehead atoms. The second-order valence-electron chi connectivity index (χ2n) is 5.17. The number of carbonyl (C=O) groups is 2. The Labute approximate surface area is 121 Å². The monoisotopic (exact) mass is 275 g/mol. The van der Waals surface area contributed by atoms with Gasteiger partial charge in [0.15, 0.2) is 5.78 Å². The third kappa shape index (κ3) is 6.00. The molecule has 3 heteroatoms. The van der Waals surface area contributed by atoms with Crippen LogP contribution in [0.5, 0.6) is 0 Å². The summed E-state index contributed by atoms with van der Waals surface area (Å²) in [5, 5.41) is 2.83. The number of amides is 1. The summed E-state index contributed by atoms with van der Waals surface area (Å²) in [5.41, 5.74) is 1.19. The third-order valence-corrected chi connectivity index (χ3v) is 3.34. The zero-order chi connectivity index (χ0) is 14.8. The van der Waals surface area contributed by atoms with Crippen LogP contribution in [-0.2, 0) is 4.79 Å². The van der Waals surface area contributed by atoms with E-state index in [0.717, 1.165) is 12.8 Å². The van der Waals surface area contributed by atoms with Gasteiger partial charge in [-0.25, -0.2) is 0 Å². The maximum Gasteiger partial charge on any atom is 0.224 e. The summed E-state index contributed by atoms with van der Waals surface area (Å²) in [6.45, 7) is 3.71. The number of hydrogen-bond donors (Lipinski definition) is 1. The number of hydrogen-bond acceptors (Lipinski definition) is 2. The van der Waals surface area contributed by atoms with Gasteiger partial charge in [-0.1, -0.05) is 51.2 Å². The summed E-state index contributed by atoms with van der Waals surface area (Å²) in [6, 6.07) is 7.14. The molecule has 20 heavy (non-hydrogen) atoms. The number of unbranched alkanes of at least 4 members (excludes halogenated alkanes) is 5. The van der Waals surface area contributed by atoms with Gasteiger partial charge in [-0.05, 0) is 25.5 Å². The molecule has 0 atom stereocenters. The standard InChI is InChI=1S/C17H25NO2/c1-3-4-5-6-7-8-13-17(20)18-16-12-10-9-11-15(16)14(2)19/h9-12H,3-8,13H2,1-2H3,(H,18,20). The SMILES string of the molecule is CCCCCCCCC(=O)Nc1ccccc1C(C)=O. The zero-order valence-electron chi connectivity index (χ0n) is 12.6. The summed E-state index contributed by atoms with van der Waals surface area (Å²) in [6.07, 6.45) is 7.51. The van der Waals surface area contributed by atoms with Gasteiger partial charge in [-0.3, -0.25) is 9.59 Å². The number of para-hydroxylation sites is 1. The Bertz CT molecular complexity index is 440. The molecule has 1 amide bonds. The molecule has 0 radical (unpaired) electrons. The molecule has 110 valence electrons. The van der Waals surface area contributed by atoms with Crippen LogP contribution in [0.1, 0.15) is 69.2 Å². The van der Waals surface area contributed by atoms with Crippen molar-refractivity contribution in [3.8, 4) is 0 Å². The summed E-state index contributed by atoms with van der Waals surface area (Å²) >= 11 is 0. The summed E-state index contributed by atoms with van der Waals surface area (Å²) in [4.78, 5) is 23.3. The normalized spacial score (nSPS) is 10.3. The van der Waals surface area contributed by atoms with Crippen LogP contribution in [0, 0.1) is 0 Å². The van der Waals surface area contributed by atoms with E-state index in [9.17, 15) is 9.59 Å². The summed E-state index contributed by atoms with van der Waals surface area (Å²) in [5.74, 6) is -0.0327. The molecule has 0 saturated carbocycles. The molecule has 0 aromatic heterocycles. The van der Waals surface area contributed by atoms with Crippen LogP contribution in [0.25, 0.3) is 0 Å². The number of ketones is 1. The van der Waals surface area contributed by atoms with Crippen molar-refractivity contribution in [2.45, 2.75) is 58.8 Å². The number of Topliss-reactive ketones (excluding diaryl/α,β-unsaturated/α-hetero) is 1. The molecule has 1 aromatic carbocycles. The molecule has 0 aliphatic carbocycles. The lowest BCUT2D eigenvalue weighted by Gasteiger charge is -2.08. The predicted molar refractivity (Wildman–Crippen MR) is 83.1 cm³/mol. The van der Waals surface area contributed by atoms with Crippen molar-refractivity contribution in [2.24, 2.45) is 0 Å². The van der Waals surface area contributed by atoms with Gasteiger partial charge >= 0.3 is 0 Å². The van der Waals surface area contributed by atoms with Crippen LogP contribution in [0.3, 0.4) is 0 Å². The second-order valence-corrected chi connectivity index (χ2v) is 5.17. The Hall–Kier alpha value is -1.64. The maximum absolute atomic E-state index is 11.9. The molecule has 0 spiro atoms. The van der Waals surface area contributed by atoms with Crippen LogP contribution in [0.4, 0.5) is 5.69 Å². The molecule has 3 nitrogen and oxygen atoms in total. The first-order chi connectivity index (χ1) is 9.65. The van der Waals surface area contributed by atoms with E-state index >= 15 is 0 Å². The molecule has 1 aromatic rings. The molecular formula is C17H25NO2. The molecule has 0 fully saturated rings. The van der Waals surface area contributed by atoms with Crippen LogP contribution in [-0.4, -0.2) is 11.7 Å². The summed E-state index contributed by atoms with van der Waals surface area (Å²) < 4.78 is 0. The van der Waals surface area contributed by atoms with E-state index in [1.807, 2.05) is 6.07 Å². The van der Waals surface area contributed by atoms with Crippen LogP contribution >= 0.6 is 0 Å². The van der Waals surface area contributed by atoms with E-state index in [1.54, 1.807) is 18.2 Å². The number of nitrogens with one attached hydrogen (secondary N) is 1. The lowest BCUT2D eigenvalue weighted by Crippen LogP contribution is -2.13. The fourth-order valence-corrected chi connectivity index (χ4v) is 2.18. The highest BCUT2D eigenvalue weighted by Gasteiger charge is 2.09. The Morgan fingerprint density at radius 2 is 1.65 bits per heavy atom. The van der Waals surface area contributed by atoms with Crippen LogP contribution in [0.2, 0.25) is 0 Å². The highest BCUT2D eigenvalue weighted by Crippen LogP contribution is 2.16. The van der Waals surface area contributed by atoms with Gasteiger partial charge in [0.05, 0.1) is 5.69 Å². The zero-order valence-corrected chi connectivity index (χ0v) is 12.6. The molecule has 0 aliphatic rings. The molecule has 0 saturated heterocycles. The minimum atomic E-state index is -0.0273. The van der Waals surface area contributed by atoms with Crippen molar-refractivity contribution in [1.82, 2.24) is 0 Å². The van der Waals surface area contributed by atoms with Crippen molar-refractivity contribution >= 4 is 17.4 Å². The van der Waals surface area contributed by atoms with Crippen molar-refractivity contribution in [2.75, 3.05) is 5.32 Å². The molecular weight excluding hydrogens is 250 g/mol. The Morgan fingerprint density at radius 1 is 1.00 bits per heavy atom. The van der Waals surface area contributed by atoms with Gasteiger partial charge in [0.1, 0.15) is 0 Å². The van der Waals surface area contributed by atoms with Gasteiger partial charge in [0.2, 0.25) is 5.91 Å². The van der Waals surface area contributed by atoms with Crippen molar-refractivity contribution in [3.05, 3.63) is 29.8 Å². The molecule has 0 unspecified atom stereocenters. The molecule has 1 N–H and O–H groups in total. The summed E-state index contributed by atoms with van der Waals surface area (Å²) in [7, 11) is 0. The topological polar surface area (TPSA) is 46.2 Å². The molecule has 0 aliphatic heterocycles. The third-order valence-electron chi connectivity index (χ3n) is 3.34. The first-order valence-corrected chi connectivity index (χ1v) is 7.55. The van der Waals surface area contributed by atoms with E-state index in [0.29, 0.717) is 17.7 Å². The van der Waals surface area contributed by atoms with Gasteiger partial charge < -0.3 is 5.32 Å². The van der Waals surface area contributed by atoms with Crippen molar-refractivity contribution in [1.29, 1.82) is 0 Å². The van der Waals surface area contributed by atoms with Gasteiger partial charge in [-0.15, -0.1) is 0 Å². The van der Waals surface area contributed by atoms with Crippen molar-refractivity contribution < 1.29 is 9.59 Å². The number of carbonyl (C=O) groups excluding carboxylic acids is 2. The van der Waals surface area contributed by atoms with E-state index in [2.05, 4.69) is 12.2 Å². The highest BCUT2D eigenvalue weighted by atomic mass is 16.1. The Balaban J connectivity index is 2.34. The smallest absolute Gasteiger partial charge is 0.224 e. The maximum atomic E-state index is 11.9. The first kappa shape index (κ1) is 16.4. The van der Waals surface area contributed by atoms with Crippen LogP contribution < -0.4 is 5.32 Å². The first-order valence-electron chi connectivity index (χ1n) is 7.55. The lowest BCUT2D eigenvalue weighted by molar-refractivity contribution is -0.116. The number of rotatable bonds is 9. The fraction of sp³-hybridized carbons (Fsp3) is 0.529. The minimum absolute atomic E-state index is 0.00538. The van der Waals surface area contributed by atoms with E-state index in [1.165, 1.54) is 32.6 Å². The average Bonchev–Trinajstić information content (AvgIpc) is 2.43. The predicted octanol–water partition coefficient (Wildman–Crippen LogP) is 4.58. The average molecular weight is 275 g/mol. The van der Waals surface area contributed by atoms with E-state index in [-0.39, 0.29) is 11.7 Å². The van der Waals surface area contributed by atoms with Gasteiger partial charge in [0, 0.05) is 12.0 Å². The number of benzene rings is 1. The lowest BCUT2D eigenvalue weighted by atomic mass is 10.1. The highest BCUT2D eigenvalue weighted by molar-refractivity contribution is 6.03. The second kappa shape index (κ2) is 9.29. The molecule has 0 heterocycles. The van der Waals surface area contributed by atoms with Gasteiger partial charge in [-0.2, -0.15) is 0 Å². The number of anilines is 1. The fourth-order valence-electron chi connectivity index (χ4n) is 2.18. The van der Waals surface area contributed by atoms with E-state index < -0.39 is 0 Å². The molecule has 1 rings (SSSR count). The quantitative estimate of drug-likeness (QED) is 0.529. The largest absolute Gasteiger partial charge is 0.325 e. The van der Waals surface area contributed by atoms with Crippen LogP contribution in [0.15, 0.2) is 24.3 Å². The van der Waals surface area contributed by atoms with Crippen molar-refractivity contribution in [3.63, 3.8) is 0 Å². The minimum Gasteiger partial charge on any atom is -0.325 e. The Morgan fingerprint density at radius 3 is 2.35 bits per heavy atom. The van der Waals surface area contributed by atoms with E-state index in [4.69, 9.17) is 0 Å². The van der Waals surface area contributed by atoms with Gasteiger partial charge in [0.25, 0.3) is 0 Å².